The maximum atomic E-state index is 13.2. The number of aromatic nitrogens is 5. The second-order valence-electron chi connectivity index (χ2n) is 7.96. The monoisotopic (exact) mass is 505 g/mol. The van der Waals surface area contributed by atoms with E-state index < -0.39 is 12.5 Å². The Hall–Kier alpha value is -4.84. The lowest BCUT2D eigenvalue weighted by molar-refractivity contribution is -0.0494. The van der Waals surface area contributed by atoms with Crippen LogP contribution in [0.25, 0.3) is 16.9 Å². The molecule has 0 aliphatic rings. The Morgan fingerprint density at radius 2 is 2.00 bits per heavy atom. The van der Waals surface area contributed by atoms with Crippen molar-refractivity contribution in [2.24, 2.45) is 12.8 Å². The number of carbonyl (C=O) groups excluding carboxylic acids is 1. The summed E-state index contributed by atoms with van der Waals surface area (Å²) in [4.78, 5) is 17.3. The van der Waals surface area contributed by atoms with E-state index in [1.807, 2.05) is 6.07 Å². The van der Waals surface area contributed by atoms with Crippen molar-refractivity contribution in [3.05, 3.63) is 84.4 Å². The Morgan fingerprint density at radius 1 is 1.16 bits per heavy atom. The van der Waals surface area contributed by atoms with Crippen molar-refractivity contribution in [1.82, 2.24) is 24.4 Å². The Balaban J connectivity index is 1.51. The minimum Gasteiger partial charge on any atom is -0.457 e. The summed E-state index contributed by atoms with van der Waals surface area (Å²) in [7, 11) is 1.64. The number of hydrogen-bond acceptors (Lipinski definition) is 7. The number of benzene rings is 2. The molecule has 1 amide bonds. The van der Waals surface area contributed by atoms with Gasteiger partial charge in [0.25, 0.3) is 5.91 Å². The Kier molecular flexibility index (Phi) is 6.47. The van der Waals surface area contributed by atoms with Crippen molar-refractivity contribution in [2.45, 2.75) is 13.2 Å². The molecule has 5 rings (SSSR count). The number of halogens is 2. The van der Waals surface area contributed by atoms with Gasteiger partial charge >= 0.3 is 6.61 Å². The van der Waals surface area contributed by atoms with Gasteiger partial charge in [-0.25, -0.2) is 9.50 Å². The summed E-state index contributed by atoms with van der Waals surface area (Å²) in [5.41, 5.74) is 7.84. The van der Waals surface area contributed by atoms with Gasteiger partial charge < -0.3 is 20.5 Å². The topological polar surface area (TPSA) is 122 Å². The fraction of sp³-hybridized carbons (Fsp3) is 0.120. The second kappa shape index (κ2) is 10.0. The van der Waals surface area contributed by atoms with Crippen molar-refractivity contribution in [1.29, 1.82) is 0 Å². The normalized spacial score (nSPS) is 11.2. The Bertz CT molecular complexity index is 1580. The van der Waals surface area contributed by atoms with E-state index in [2.05, 4.69) is 20.5 Å². The molecule has 0 atom stereocenters. The highest BCUT2D eigenvalue weighted by Crippen LogP contribution is 2.38. The van der Waals surface area contributed by atoms with Crippen LogP contribution in [0.3, 0.4) is 0 Å². The number of hydrogen-bond donors (Lipinski definition) is 2. The summed E-state index contributed by atoms with van der Waals surface area (Å²) in [5, 5.41) is 11.3. The third-order valence-electron chi connectivity index (χ3n) is 5.39. The molecule has 188 valence electrons. The number of alkyl halides is 2. The van der Waals surface area contributed by atoms with Gasteiger partial charge in [-0.2, -0.15) is 19.0 Å². The lowest BCUT2D eigenvalue weighted by atomic mass is 10.1. The maximum absolute atomic E-state index is 13.2. The molecule has 0 spiro atoms. The molecule has 0 bridgehead atoms. The predicted octanol–water partition coefficient (Wildman–Crippen LogP) is 4.23. The van der Waals surface area contributed by atoms with Crippen LogP contribution in [-0.4, -0.2) is 36.9 Å². The Labute approximate surface area is 209 Å². The number of amides is 1. The van der Waals surface area contributed by atoms with E-state index in [9.17, 15) is 13.6 Å². The third kappa shape index (κ3) is 5.09. The molecule has 12 heteroatoms. The zero-order chi connectivity index (χ0) is 25.9. The van der Waals surface area contributed by atoms with Crippen molar-refractivity contribution in [3.8, 4) is 28.5 Å². The van der Waals surface area contributed by atoms with Crippen LogP contribution < -0.4 is 20.5 Å². The molecule has 3 N–H and O–H groups in total. The van der Waals surface area contributed by atoms with E-state index in [-0.39, 0.29) is 28.3 Å². The van der Waals surface area contributed by atoms with Crippen LogP contribution in [0.15, 0.2) is 73.3 Å². The van der Waals surface area contributed by atoms with E-state index in [0.29, 0.717) is 23.7 Å². The zero-order valence-corrected chi connectivity index (χ0v) is 19.5. The first kappa shape index (κ1) is 23.9. The number of aryl methyl sites for hydroxylation is 1. The summed E-state index contributed by atoms with van der Waals surface area (Å²) in [5.74, 6) is 0.238. The molecule has 10 nitrogen and oxygen atoms in total. The van der Waals surface area contributed by atoms with E-state index in [1.165, 1.54) is 33.6 Å². The molecule has 3 heterocycles. The molecule has 0 saturated carbocycles. The van der Waals surface area contributed by atoms with Crippen LogP contribution in [-0.2, 0) is 13.6 Å². The van der Waals surface area contributed by atoms with E-state index >= 15 is 0 Å². The van der Waals surface area contributed by atoms with Gasteiger partial charge in [-0.1, -0.05) is 12.1 Å². The number of ether oxygens (including phenoxy) is 2. The smallest absolute Gasteiger partial charge is 0.387 e. The van der Waals surface area contributed by atoms with Crippen LogP contribution in [0.5, 0.6) is 17.2 Å². The molecule has 5 aromatic rings. The first-order valence-corrected chi connectivity index (χ1v) is 11.1. The molecule has 0 aliphatic carbocycles. The molecular weight excluding hydrogens is 484 g/mol. The summed E-state index contributed by atoms with van der Waals surface area (Å²) in [6.45, 7) is -2.73. The minimum absolute atomic E-state index is 0.134. The average Bonchev–Trinajstić information content (AvgIpc) is 3.48. The Morgan fingerprint density at radius 3 is 2.81 bits per heavy atom. The highest BCUT2D eigenvalue weighted by molar-refractivity contribution is 6.09. The van der Waals surface area contributed by atoms with Crippen LogP contribution in [0.2, 0.25) is 0 Å². The van der Waals surface area contributed by atoms with Gasteiger partial charge in [0, 0.05) is 32.2 Å². The molecule has 37 heavy (non-hydrogen) atoms. The van der Waals surface area contributed by atoms with Crippen LogP contribution >= 0.6 is 0 Å². The van der Waals surface area contributed by atoms with Crippen molar-refractivity contribution in [3.63, 3.8) is 0 Å². The number of nitrogens with one attached hydrogen (secondary N) is 1. The highest BCUT2D eigenvalue weighted by Gasteiger charge is 2.22. The standard InChI is InChI=1S/C25H21F2N7O3/c1-33-14-20(31-24(35)19-13-30-34-9-3-8-29-23(19)34)22(32-33)18-11-17(6-7-21(18)37-25(26)27)36-16-5-2-4-15(10-16)12-28/h2-11,13-14,25H,12,28H2,1H3,(H,31,35). The number of rotatable bonds is 8. The van der Waals surface area contributed by atoms with Gasteiger partial charge in [0.1, 0.15) is 28.5 Å². The van der Waals surface area contributed by atoms with Crippen molar-refractivity contribution >= 4 is 17.2 Å². The molecule has 0 aliphatic heterocycles. The maximum Gasteiger partial charge on any atom is 0.387 e. The first-order valence-electron chi connectivity index (χ1n) is 11.1. The SMILES string of the molecule is Cn1cc(NC(=O)c2cnn3cccnc23)c(-c2cc(Oc3cccc(CN)c3)ccc2OC(F)F)n1. The summed E-state index contributed by atoms with van der Waals surface area (Å²) >= 11 is 0. The highest BCUT2D eigenvalue weighted by atomic mass is 19.3. The van der Waals surface area contributed by atoms with Crippen LogP contribution in [0.1, 0.15) is 15.9 Å². The lowest BCUT2D eigenvalue weighted by Crippen LogP contribution is -2.12. The minimum atomic E-state index is -3.07. The van der Waals surface area contributed by atoms with Gasteiger partial charge in [-0.15, -0.1) is 0 Å². The van der Waals surface area contributed by atoms with Crippen LogP contribution in [0.4, 0.5) is 14.5 Å². The number of anilines is 1. The average molecular weight is 505 g/mol. The predicted molar refractivity (Wildman–Crippen MR) is 131 cm³/mol. The van der Waals surface area contributed by atoms with E-state index in [1.54, 1.807) is 49.9 Å². The van der Waals surface area contributed by atoms with Crippen LogP contribution in [0, 0.1) is 0 Å². The summed E-state index contributed by atoms with van der Waals surface area (Å²) in [6.07, 6.45) is 6.16. The second-order valence-corrected chi connectivity index (χ2v) is 7.96. The van der Waals surface area contributed by atoms with Crippen molar-refractivity contribution in [2.75, 3.05) is 5.32 Å². The molecule has 3 aromatic heterocycles. The molecule has 0 fully saturated rings. The number of carbonyl (C=O) groups is 1. The summed E-state index contributed by atoms with van der Waals surface area (Å²) in [6, 6.07) is 13.3. The fourth-order valence-electron chi connectivity index (χ4n) is 3.78. The summed E-state index contributed by atoms with van der Waals surface area (Å²) < 4.78 is 40.0. The van der Waals surface area contributed by atoms with E-state index in [0.717, 1.165) is 5.56 Å². The molecule has 0 radical (unpaired) electrons. The molecule has 0 saturated heterocycles. The molecule has 2 aromatic carbocycles. The number of fused-ring (bicyclic) bond motifs is 1. The molecule has 0 unspecified atom stereocenters. The van der Waals surface area contributed by atoms with Crippen molar-refractivity contribution < 1.29 is 23.0 Å². The van der Waals surface area contributed by atoms with Gasteiger partial charge in [-0.3, -0.25) is 9.48 Å². The van der Waals surface area contributed by atoms with Gasteiger partial charge in [0.2, 0.25) is 0 Å². The van der Waals surface area contributed by atoms with E-state index in [4.69, 9.17) is 15.2 Å². The number of nitrogens with two attached hydrogens (primary N) is 1. The van der Waals surface area contributed by atoms with Gasteiger partial charge in [-0.05, 0) is 42.0 Å². The largest absolute Gasteiger partial charge is 0.457 e. The number of nitrogens with zero attached hydrogens (tertiary/aromatic N) is 5. The first-order chi connectivity index (χ1) is 17.9. The fourth-order valence-corrected chi connectivity index (χ4v) is 3.78. The third-order valence-corrected chi connectivity index (χ3v) is 5.39. The van der Waals surface area contributed by atoms with Gasteiger partial charge in [0.05, 0.1) is 17.4 Å². The lowest BCUT2D eigenvalue weighted by Gasteiger charge is -2.14. The quantitative estimate of drug-likeness (QED) is 0.324. The zero-order valence-electron chi connectivity index (χ0n) is 19.5. The molecular formula is C25H21F2N7O3. The van der Waals surface area contributed by atoms with Gasteiger partial charge in [0.15, 0.2) is 5.65 Å².